The quantitative estimate of drug-likeness (QED) is 0.624. The summed E-state index contributed by atoms with van der Waals surface area (Å²) < 4.78 is 2.30. The van der Waals surface area contributed by atoms with Crippen LogP contribution in [0.25, 0.3) is 11.0 Å². The summed E-state index contributed by atoms with van der Waals surface area (Å²) in [5.41, 5.74) is 4.02. The number of carbonyl (C=O) groups is 1. The number of nitrogens with zero attached hydrogens (tertiary/aromatic N) is 3. The highest BCUT2D eigenvalue weighted by Crippen LogP contribution is 2.34. The smallest absolute Gasteiger partial charge is 0.227 e. The SMILES string of the molecule is Cc1ccc(N2CC(c3nc4ccccc4n3CC(C)C)CC2=O)cc1Cl. The molecule has 27 heavy (non-hydrogen) atoms. The Hall–Kier alpha value is -2.33. The molecule has 0 saturated carbocycles. The first-order valence-corrected chi connectivity index (χ1v) is 9.83. The molecule has 0 bridgehead atoms. The van der Waals surface area contributed by atoms with Crippen LogP contribution < -0.4 is 4.90 Å². The molecule has 140 valence electrons. The number of anilines is 1. The Balaban J connectivity index is 1.70. The van der Waals surface area contributed by atoms with Gasteiger partial charge in [0.15, 0.2) is 0 Å². The second-order valence-corrected chi connectivity index (χ2v) is 8.21. The normalized spacial score (nSPS) is 17.4. The Morgan fingerprint density at radius 1 is 1.22 bits per heavy atom. The molecule has 1 saturated heterocycles. The molecule has 0 radical (unpaired) electrons. The van der Waals surface area contributed by atoms with E-state index in [0.29, 0.717) is 23.9 Å². The van der Waals surface area contributed by atoms with Gasteiger partial charge in [0.2, 0.25) is 5.91 Å². The minimum atomic E-state index is 0.0868. The molecule has 1 aliphatic rings. The van der Waals surface area contributed by atoms with Crippen LogP contribution in [0.4, 0.5) is 5.69 Å². The number of hydrogen-bond acceptors (Lipinski definition) is 2. The summed E-state index contributed by atoms with van der Waals surface area (Å²) in [6.07, 6.45) is 0.479. The van der Waals surface area contributed by atoms with Crippen LogP contribution in [-0.4, -0.2) is 22.0 Å². The first-order valence-electron chi connectivity index (χ1n) is 9.45. The van der Waals surface area contributed by atoms with Crippen molar-refractivity contribution in [3.05, 3.63) is 58.9 Å². The maximum absolute atomic E-state index is 12.7. The first-order chi connectivity index (χ1) is 12.9. The summed E-state index contributed by atoms with van der Waals surface area (Å²) in [6.45, 7) is 7.92. The third-order valence-electron chi connectivity index (χ3n) is 5.19. The molecule has 0 aliphatic carbocycles. The number of aromatic nitrogens is 2. The van der Waals surface area contributed by atoms with Gasteiger partial charge in [0.1, 0.15) is 5.82 Å². The van der Waals surface area contributed by atoms with Crippen LogP contribution in [0.2, 0.25) is 5.02 Å². The predicted octanol–water partition coefficient (Wildman–Crippen LogP) is 5.17. The van der Waals surface area contributed by atoms with E-state index < -0.39 is 0 Å². The van der Waals surface area contributed by atoms with Crippen LogP contribution in [0, 0.1) is 12.8 Å². The second-order valence-electron chi connectivity index (χ2n) is 7.80. The molecule has 1 aliphatic heterocycles. The van der Waals surface area contributed by atoms with Crippen molar-refractivity contribution in [1.82, 2.24) is 9.55 Å². The van der Waals surface area contributed by atoms with Crippen molar-refractivity contribution in [2.45, 2.75) is 39.7 Å². The third kappa shape index (κ3) is 3.34. The summed E-state index contributed by atoms with van der Waals surface area (Å²) in [5, 5.41) is 0.691. The molecule has 2 heterocycles. The summed E-state index contributed by atoms with van der Waals surface area (Å²) in [6, 6.07) is 14.0. The maximum Gasteiger partial charge on any atom is 0.227 e. The van der Waals surface area contributed by atoms with Gasteiger partial charge in [-0.25, -0.2) is 4.98 Å². The molecule has 1 unspecified atom stereocenters. The van der Waals surface area contributed by atoms with E-state index in [4.69, 9.17) is 16.6 Å². The van der Waals surface area contributed by atoms with Gasteiger partial charge in [0, 0.05) is 36.1 Å². The first kappa shape index (κ1) is 18.1. The molecular weight excluding hydrogens is 358 g/mol. The summed E-state index contributed by atoms with van der Waals surface area (Å²) in [4.78, 5) is 19.5. The van der Waals surface area contributed by atoms with Gasteiger partial charge in [-0.15, -0.1) is 0 Å². The molecule has 4 nitrogen and oxygen atoms in total. The Labute approximate surface area is 164 Å². The van der Waals surface area contributed by atoms with Gasteiger partial charge in [-0.1, -0.05) is 43.6 Å². The fourth-order valence-electron chi connectivity index (χ4n) is 3.84. The largest absolute Gasteiger partial charge is 0.327 e. The lowest BCUT2D eigenvalue weighted by atomic mass is 10.1. The van der Waals surface area contributed by atoms with Gasteiger partial charge >= 0.3 is 0 Å². The van der Waals surface area contributed by atoms with Crippen molar-refractivity contribution in [3.63, 3.8) is 0 Å². The molecule has 5 heteroatoms. The van der Waals surface area contributed by atoms with Crippen molar-refractivity contribution in [2.24, 2.45) is 5.92 Å². The molecule has 1 fully saturated rings. The lowest BCUT2D eigenvalue weighted by Gasteiger charge is -2.18. The van der Waals surface area contributed by atoms with Gasteiger partial charge in [0.05, 0.1) is 11.0 Å². The summed E-state index contributed by atoms with van der Waals surface area (Å²) in [5.74, 6) is 1.73. The lowest BCUT2D eigenvalue weighted by Crippen LogP contribution is -2.24. The number of carbonyl (C=O) groups excluding carboxylic acids is 1. The van der Waals surface area contributed by atoms with Crippen LogP contribution in [-0.2, 0) is 11.3 Å². The Morgan fingerprint density at radius 2 is 2.00 bits per heavy atom. The number of fused-ring (bicyclic) bond motifs is 1. The van der Waals surface area contributed by atoms with Crippen LogP contribution in [0.1, 0.15) is 37.6 Å². The summed E-state index contributed by atoms with van der Waals surface area (Å²) >= 11 is 6.27. The van der Waals surface area contributed by atoms with E-state index in [1.54, 1.807) is 0 Å². The van der Waals surface area contributed by atoms with Crippen LogP contribution in [0.3, 0.4) is 0 Å². The molecule has 1 atom stereocenters. The number of para-hydroxylation sites is 2. The lowest BCUT2D eigenvalue weighted by molar-refractivity contribution is -0.117. The van der Waals surface area contributed by atoms with Crippen LogP contribution >= 0.6 is 11.6 Å². The predicted molar refractivity (Wildman–Crippen MR) is 110 cm³/mol. The fraction of sp³-hybridized carbons (Fsp3) is 0.364. The number of imidazole rings is 1. The number of hydrogen-bond donors (Lipinski definition) is 0. The van der Waals surface area contributed by atoms with Gasteiger partial charge < -0.3 is 9.47 Å². The van der Waals surface area contributed by atoms with Crippen molar-refractivity contribution < 1.29 is 4.79 Å². The zero-order valence-corrected chi connectivity index (χ0v) is 16.7. The molecule has 0 N–H and O–H groups in total. The van der Waals surface area contributed by atoms with E-state index in [2.05, 4.69) is 24.5 Å². The number of amides is 1. The van der Waals surface area contributed by atoms with Crippen LogP contribution in [0.15, 0.2) is 42.5 Å². The molecule has 3 aromatic rings. The minimum absolute atomic E-state index is 0.0868. The average molecular weight is 382 g/mol. The highest BCUT2D eigenvalue weighted by Gasteiger charge is 2.35. The second kappa shape index (κ2) is 7.01. The molecule has 1 amide bonds. The van der Waals surface area contributed by atoms with E-state index >= 15 is 0 Å². The zero-order valence-electron chi connectivity index (χ0n) is 15.9. The van der Waals surface area contributed by atoms with Crippen molar-refractivity contribution in [2.75, 3.05) is 11.4 Å². The minimum Gasteiger partial charge on any atom is -0.327 e. The Kier molecular flexibility index (Phi) is 4.68. The number of rotatable bonds is 4. The van der Waals surface area contributed by atoms with E-state index in [1.807, 2.05) is 48.2 Å². The Morgan fingerprint density at radius 3 is 2.74 bits per heavy atom. The number of aryl methyl sites for hydroxylation is 1. The highest BCUT2D eigenvalue weighted by molar-refractivity contribution is 6.31. The standard InChI is InChI=1S/C22H24ClN3O/c1-14(2)12-26-20-7-5-4-6-19(20)24-22(26)16-10-21(27)25(13-16)17-9-8-15(3)18(23)11-17/h4-9,11,14,16H,10,12-13H2,1-3H3. The third-order valence-corrected chi connectivity index (χ3v) is 5.60. The van der Waals surface area contributed by atoms with Gasteiger partial charge in [0.25, 0.3) is 0 Å². The molecular formula is C22H24ClN3O. The van der Waals surface area contributed by atoms with Crippen molar-refractivity contribution >= 4 is 34.2 Å². The molecule has 1 aromatic heterocycles. The van der Waals surface area contributed by atoms with E-state index in [1.165, 1.54) is 0 Å². The monoisotopic (exact) mass is 381 g/mol. The fourth-order valence-corrected chi connectivity index (χ4v) is 4.02. The van der Waals surface area contributed by atoms with Crippen molar-refractivity contribution in [1.29, 1.82) is 0 Å². The van der Waals surface area contributed by atoms with Gasteiger partial charge in [-0.2, -0.15) is 0 Å². The van der Waals surface area contributed by atoms with Gasteiger partial charge in [-0.3, -0.25) is 4.79 Å². The van der Waals surface area contributed by atoms with E-state index in [9.17, 15) is 4.79 Å². The number of benzene rings is 2. The van der Waals surface area contributed by atoms with E-state index in [-0.39, 0.29) is 11.8 Å². The number of halogens is 1. The highest BCUT2D eigenvalue weighted by atomic mass is 35.5. The van der Waals surface area contributed by atoms with E-state index in [0.717, 1.165) is 34.7 Å². The molecule has 2 aromatic carbocycles. The van der Waals surface area contributed by atoms with Gasteiger partial charge in [-0.05, 0) is 42.7 Å². The molecule has 0 spiro atoms. The van der Waals surface area contributed by atoms with Crippen LogP contribution in [0.5, 0.6) is 0 Å². The zero-order chi connectivity index (χ0) is 19.1. The average Bonchev–Trinajstić information content (AvgIpc) is 3.18. The Bertz CT molecular complexity index is 1010. The maximum atomic E-state index is 12.7. The van der Waals surface area contributed by atoms with Crippen molar-refractivity contribution in [3.8, 4) is 0 Å². The molecule has 4 rings (SSSR count). The summed E-state index contributed by atoms with van der Waals surface area (Å²) in [7, 11) is 0. The topological polar surface area (TPSA) is 38.1 Å².